The van der Waals surface area contributed by atoms with Crippen molar-refractivity contribution in [1.29, 1.82) is 0 Å². The third-order valence-electron chi connectivity index (χ3n) is 6.28. The quantitative estimate of drug-likeness (QED) is 0.439. The minimum atomic E-state index is -0.241. The Kier molecular flexibility index (Phi) is 6.42. The summed E-state index contributed by atoms with van der Waals surface area (Å²) in [6, 6.07) is 13.6. The lowest BCUT2D eigenvalue weighted by atomic mass is 9.79. The average Bonchev–Trinajstić information content (AvgIpc) is 3.00. The first kappa shape index (κ1) is 22.9. The van der Waals surface area contributed by atoms with Crippen LogP contribution >= 0.6 is 23.4 Å². The Morgan fingerprint density at radius 1 is 1.16 bits per heavy atom. The van der Waals surface area contributed by atoms with Crippen LogP contribution in [0.15, 0.2) is 47.4 Å². The molecular weight excluding hydrogens is 440 g/mol. The molecule has 2 aliphatic heterocycles. The van der Waals surface area contributed by atoms with Gasteiger partial charge >= 0.3 is 0 Å². The largest absolute Gasteiger partial charge is 0.366 e. The molecule has 2 aliphatic rings. The molecule has 2 amide bonds. The van der Waals surface area contributed by atoms with Crippen molar-refractivity contribution in [3.63, 3.8) is 0 Å². The van der Waals surface area contributed by atoms with Gasteiger partial charge in [0.25, 0.3) is 11.1 Å². The lowest BCUT2D eigenvalue weighted by Crippen LogP contribution is -2.48. The van der Waals surface area contributed by atoms with Crippen LogP contribution in [0.2, 0.25) is 5.02 Å². The van der Waals surface area contributed by atoms with Crippen LogP contribution in [0.4, 0.5) is 10.5 Å². The van der Waals surface area contributed by atoms with Crippen LogP contribution < -0.4 is 4.90 Å². The van der Waals surface area contributed by atoms with Gasteiger partial charge in [-0.1, -0.05) is 43.6 Å². The lowest BCUT2D eigenvalue weighted by molar-refractivity contribution is -0.123. The molecule has 4 nitrogen and oxygen atoms in total. The molecule has 0 bridgehead atoms. The SMILES string of the molecule is CCCN1c2ccc(/C=C3/SC(=O)N(Cc4ccc(Cl)cc4)C3=O)cc2C(C)CC1(C)C. The smallest absolute Gasteiger partial charge is 0.293 e. The van der Waals surface area contributed by atoms with E-state index < -0.39 is 0 Å². The number of amides is 2. The third kappa shape index (κ3) is 4.46. The van der Waals surface area contributed by atoms with Crippen molar-refractivity contribution in [1.82, 2.24) is 4.90 Å². The zero-order valence-corrected chi connectivity index (χ0v) is 20.6. The van der Waals surface area contributed by atoms with Crippen LogP contribution in [0.3, 0.4) is 0 Å². The number of carbonyl (C=O) groups is 2. The molecule has 1 fully saturated rings. The Morgan fingerprint density at radius 3 is 2.56 bits per heavy atom. The van der Waals surface area contributed by atoms with Crippen molar-refractivity contribution < 1.29 is 9.59 Å². The molecule has 0 aliphatic carbocycles. The van der Waals surface area contributed by atoms with Gasteiger partial charge < -0.3 is 4.90 Å². The van der Waals surface area contributed by atoms with Crippen LogP contribution in [0, 0.1) is 0 Å². The van der Waals surface area contributed by atoms with Crippen LogP contribution in [-0.2, 0) is 11.3 Å². The Morgan fingerprint density at radius 2 is 1.88 bits per heavy atom. The molecule has 2 aromatic rings. The monoisotopic (exact) mass is 468 g/mol. The van der Waals surface area contributed by atoms with Crippen LogP contribution in [-0.4, -0.2) is 28.1 Å². The van der Waals surface area contributed by atoms with Crippen LogP contribution in [0.25, 0.3) is 6.08 Å². The highest BCUT2D eigenvalue weighted by atomic mass is 35.5. The maximum Gasteiger partial charge on any atom is 0.293 e. The molecule has 1 atom stereocenters. The second-order valence-corrected chi connectivity index (χ2v) is 10.7. The molecule has 1 saturated heterocycles. The van der Waals surface area contributed by atoms with Crippen LogP contribution in [0.1, 0.15) is 63.1 Å². The first-order valence-corrected chi connectivity index (χ1v) is 12.3. The highest BCUT2D eigenvalue weighted by Crippen LogP contribution is 2.44. The number of benzene rings is 2. The highest BCUT2D eigenvalue weighted by Gasteiger charge is 2.37. The number of carbonyl (C=O) groups excluding carboxylic acids is 2. The highest BCUT2D eigenvalue weighted by molar-refractivity contribution is 8.18. The molecule has 0 aromatic heterocycles. The fourth-order valence-corrected chi connectivity index (χ4v) is 5.77. The van der Waals surface area contributed by atoms with Gasteiger partial charge in [-0.2, -0.15) is 0 Å². The maximum atomic E-state index is 12.9. The standard InChI is InChI=1S/C26H29ClN2O2S/c1-5-12-29-22-11-8-19(13-21(22)17(2)15-26(29,3)4)14-23-24(30)28(25(31)32-23)16-18-6-9-20(27)10-7-18/h6-11,13-14,17H,5,12,15-16H2,1-4H3/b23-14+. The zero-order chi connectivity index (χ0) is 23.0. The fraction of sp³-hybridized carbons (Fsp3) is 0.385. The Labute approximate surface area is 199 Å². The number of nitrogens with zero attached hydrogens (tertiary/aromatic N) is 2. The van der Waals surface area contributed by atoms with E-state index in [1.807, 2.05) is 18.2 Å². The maximum absolute atomic E-state index is 12.9. The molecular formula is C26H29ClN2O2S. The van der Waals surface area contributed by atoms with Gasteiger partial charge in [0.15, 0.2) is 0 Å². The van der Waals surface area contributed by atoms with Gasteiger partial charge in [-0.15, -0.1) is 0 Å². The van der Waals surface area contributed by atoms with Crippen molar-refractivity contribution in [3.05, 3.63) is 69.1 Å². The molecule has 0 spiro atoms. The first-order chi connectivity index (χ1) is 15.2. The number of halogens is 1. The number of anilines is 1. The summed E-state index contributed by atoms with van der Waals surface area (Å²) in [5.41, 5.74) is 4.55. The van der Waals surface area contributed by atoms with Gasteiger partial charge in [0.2, 0.25) is 0 Å². The molecule has 168 valence electrons. The summed E-state index contributed by atoms with van der Waals surface area (Å²) in [7, 11) is 0. The van der Waals surface area contributed by atoms with Crippen molar-refractivity contribution in [2.75, 3.05) is 11.4 Å². The summed E-state index contributed by atoms with van der Waals surface area (Å²) in [4.78, 5) is 29.7. The van der Waals surface area contributed by atoms with Crippen molar-refractivity contribution >= 4 is 46.3 Å². The number of fused-ring (bicyclic) bond motifs is 1. The molecule has 4 rings (SSSR count). The molecule has 32 heavy (non-hydrogen) atoms. The Balaban J connectivity index is 1.59. The average molecular weight is 469 g/mol. The summed E-state index contributed by atoms with van der Waals surface area (Å²) in [5, 5.41) is 0.392. The van der Waals surface area contributed by atoms with E-state index in [4.69, 9.17) is 11.6 Å². The first-order valence-electron chi connectivity index (χ1n) is 11.1. The molecule has 6 heteroatoms. The third-order valence-corrected chi connectivity index (χ3v) is 7.44. The van der Waals surface area contributed by atoms with E-state index in [2.05, 4.69) is 50.8 Å². The second-order valence-electron chi connectivity index (χ2n) is 9.28. The van der Waals surface area contributed by atoms with Gasteiger partial charge in [0, 0.05) is 22.8 Å². The van der Waals surface area contributed by atoms with Gasteiger partial charge in [0.1, 0.15) is 0 Å². The molecule has 0 radical (unpaired) electrons. The summed E-state index contributed by atoms with van der Waals surface area (Å²) in [6.45, 7) is 10.4. The Bertz CT molecular complexity index is 1080. The van der Waals surface area contributed by atoms with E-state index in [9.17, 15) is 9.59 Å². The van der Waals surface area contributed by atoms with Gasteiger partial charge in [0.05, 0.1) is 11.4 Å². The summed E-state index contributed by atoms with van der Waals surface area (Å²) in [6.07, 6.45) is 4.03. The minimum absolute atomic E-state index is 0.119. The molecule has 0 N–H and O–H groups in total. The van der Waals surface area contributed by atoms with Crippen molar-refractivity contribution in [2.45, 2.75) is 58.5 Å². The van der Waals surface area contributed by atoms with Crippen molar-refractivity contribution in [3.8, 4) is 0 Å². The zero-order valence-electron chi connectivity index (χ0n) is 19.0. The van der Waals surface area contributed by atoms with E-state index in [-0.39, 0.29) is 23.2 Å². The summed E-state index contributed by atoms with van der Waals surface area (Å²) < 4.78 is 0. The van der Waals surface area contributed by atoms with Crippen molar-refractivity contribution in [2.24, 2.45) is 0 Å². The number of thioether (sulfide) groups is 1. The second kappa shape index (κ2) is 8.95. The van der Waals surface area contributed by atoms with E-state index in [0.717, 1.165) is 42.3 Å². The van der Waals surface area contributed by atoms with E-state index in [0.29, 0.717) is 15.8 Å². The molecule has 2 aromatic carbocycles. The lowest BCUT2D eigenvalue weighted by Gasteiger charge is -2.47. The molecule has 1 unspecified atom stereocenters. The van der Waals surface area contributed by atoms with E-state index in [1.165, 1.54) is 16.2 Å². The number of hydrogen-bond acceptors (Lipinski definition) is 4. The number of rotatable bonds is 5. The minimum Gasteiger partial charge on any atom is -0.366 e. The fourth-order valence-electron chi connectivity index (χ4n) is 4.81. The van der Waals surface area contributed by atoms with Gasteiger partial charge in [-0.05, 0) is 91.4 Å². The molecule has 0 saturated carbocycles. The van der Waals surface area contributed by atoms with E-state index >= 15 is 0 Å². The normalized spacial score (nSPS) is 21.4. The van der Waals surface area contributed by atoms with Gasteiger partial charge in [-0.3, -0.25) is 14.5 Å². The number of hydrogen-bond donors (Lipinski definition) is 0. The summed E-state index contributed by atoms with van der Waals surface area (Å²) in [5.74, 6) is 0.191. The topological polar surface area (TPSA) is 40.6 Å². The summed E-state index contributed by atoms with van der Waals surface area (Å²) >= 11 is 6.95. The predicted octanol–water partition coefficient (Wildman–Crippen LogP) is 7.08. The van der Waals surface area contributed by atoms with Gasteiger partial charge in [-0.25, -0.2) is 0 Å². The van der Waals surface area contributed by atoms with E-state index in [1.54, 1.807) is 12.1 Å². The molecule has 2 heterocycles. The Hall–Kier alpha value is -2.24. The predicted molar refractivity (Wildman–Crippen MR) is 134 cm³/mol. The van der Waals surface area contributed by atoms with Crippen LogP contribution in [0.5, 0.6) is 0 Å². The number of imide groups is 1.